The number of phenolic OH excluding ortho intramolecular Hbond substituents is 1. The molecule has 20 heteroatoms. The van der Waals surface area contributed by atoms with Crippen LogP contribution in [-0.4, -0.2) is 30.5 Å². The maximum atomic E-state index is 11.3. The first-order chi connectivity index (χ1) is 28.6. The largest absolute Gasteiger partial charge is 0.506 e. The quantitative estimate of drug-likeness (QED) is 0.0436. The number of nitrogens with zero attached hydrogens (tertiary/aromatic N) is 3. The molecule has 0 spiro atoms. The Morgan fingerprint density at radius 3 is 1.66 bits per heavy atom. The molecule has 0 aliphatic heterocycles. The molecule has 0 saturated carbocycles. The molecule has 0 amide bonds. The second-order valence-electron chi connectivity index (χ2n) is 13.1. The minimum Gasteiger partial charge on any atom is -0.506 e. The number of halogens is 1. The van der Waals surface area contributed by atoms with Crippen LogP contribution in [0.15, 0.2) is 133 Å². The van der Waals surface area contributed by atoms with Gasteiger partial charge in [0, 0.05) is 13.5 Å². The van der Waals surface area contributed by atoms with E-state index >= 15 is 0 Å². The molecule has 4 aromatic heterocycles. The number of aryl methyl sites for hydroxylation is 3. The zero-order valence-electron chi connectivity index (χ0n) is 33.1. The van der Waals surface area contributed by atoms with E-state index in [2.05, 4.69) is 25.0 Å². The Hall–Kier alpha value is -7.99. The Morgan fingerprint density at radius 1 is 0.689 bits per heavy atom. The van der Waals surface area contributed by atoms with Crippen LogP contribution < -0.4 is 39.4 Å². The van der Waals surface area contributed by atoms with Crippen molar-refractivity contribution < 1.29 is 27.6 Å². The number of benzene rings is 5. The summed E-state index contributed by atoms with van der Waals surface area (Å²) in [5.41, 5.74) is 27.3. The van der Waals surface area contributed by atoms with Crippen LogP contribution in [-0.2, 0) is 13.1 Å². The molecule has 9 aromatic rings. The van der Waals surface area contributed by atoms with Crippen molar-refractivity contribution in [1.82, 2.24) is 24.4 Å². The van der Waals surface area contributed by atoms with E-state index in [1.165, 1.54) is 6.92 Å². The van der Waals surface area contributed by atoms with Gasteiger partial charge in [-0.15, -0.1) is 12.4 Å². The molecule has 0 saturated heterocycles. The highest BCUT2D eigenvalue weighted by molar-refractivity contribution is 5.88. The minimum atomic E-state index is -0.627. The third-order valence-electron chi connectivity index (χ3n) is 8.34. The molecule has 5 aromatic carbocycles. The van der Waals surface area contributed by atoms with Gasteiger partial charge in [-0.05, 0) is 109 Å². The lowest BCUT2D eigenvalue weighted by atomic mass is 10.2. The molecule has 0 atom stereocenters. The number of aromatic amines is 3. The van der Waals surface area contributed by atoms with Gasteiger partial charge in [-0.1, -0.05) is 30.3 Å². The number of aromatic hydroxyl groups is 1. The first-order valence-corrected chi connectivity index (χ1v) is 17.9. The van der Waals surface area contributed by atoms with E-state index in [0.717, 1.165) is 37.9 Å². The molecule has 0 fully saturated rings. The maximum Gasteiger partial charge on any atom is 0.426 e. The van der Waals surface area contributed by atoms with Crippen LogP contribution in [0.1, 0.15) is 39.5 Å². The van der Waals surface area contributed by atoms with Crippen molar-refractivity contribution in [2.45, 2.75) is 40.8 Å². The predicted octanol–water partition coefficient (Wildman–Crippen LogP) is 6.45. The molecule has 4 heterocycles. The monoisotopic (exact) mass is 854 g/mol. The van der Waals surface area contributed by atoms with Crippen molar-refractivity contribution in [3.63, 3.8) is 0 Å². The Balaban J connectivity index is 0.000000169. The zero-order valence-corrected chi connectivity index (χ0v) is 33.9. The summed E-state index contributed by atoms with van der Waals surface area (Å²) in [6, 6.07) is 26.6. The van der Waals surface area contributed by atoms with Gasteiger partial charge in [0.15, 0.2) is 22.3 Å². The third-order valence-corrected chi connectivity index (χ3v) is 8.34. The van der Waals surface area contributed by atoms with Gasteiger partial charge in [-0.3, -0.25) is 19.7 Å². The molecular formula is C41H41ClN9O10+. The number of carbonyl (C=O) groups is 1. The standard InChI is InChI=1S/C10H9NO3.C8H6N4O2.C8H8N2O2.C8H7NO2.C7H9NO.ClH/c1-6-3-4-8-9(5-6)14-10(13)11(8)7(2)12;9-12-10-4-5-1-2-6-7(3-5)14-8(13)11-6;9-4-5-1-2-6-7(3-5)12-8(11)10-6;1-5-2-3-6-7(4-5)11-8(10)9-6;1-5-2-3-6(8)7(9)4-5;/h3-5H,1-2H3;1-3,9H,4H2;1-3H,4,9H2,(H,10,11);2-4H,1H3,(H,9,10);2-4,9H,8H2,1H3;1H/p+1. The molecule has 0 radical (unpaired) electrons. The molecule has 9 rings (SSSR count). The SMILES string of the molecule is CC(=O)n1c(=O)oc2cc(C)ccc21.Cc1ccc(N)c(O)c1.Cc1ccc2[nH]c(=O)oc2c1.Cl.N=[N+]=NCc1ccc2[nH]c(=O)oc2c1.NCc1ccc2[nH]c(=O)oc2c1. The lowest BCUT2D eigenvalue weighted by Gasteiger charge is -1.97. The number of oxazole rings is 4. The van der Waals surface area contributed by atoms with Crippen LogP contribution in [0.25, 0.3) is 44.4 Å². The number of hydrogen-bond acceptors (Lipinski definition) is 14. The summed E-state index contributed by atoms with van der Waals surface area (Å²) in [4.78, 5) is 65.2. The second kappa shape index (κ2) is 20.6. The highest BCUT2D eigenvalue weighted by Gasteiger charge is 2.12. The number of fused-ring (bicyclic) bond motifs is 4. The van der Waals surface area contributed by atoms with Crippen molar-refractivity contribution in [3.8, 4) is 5.75 Å². The van der Waals surface area contributed by atoms with Crippen molar-refractivity contribution >= 4 is 68.4 Å². The number of nitrogens with two attached hydrogens (primary N) is 2. The molecule has 316 valence electrons. The average Bonchev–Trinajstić information content (AvgIpc) is 3.96. The molecule has 0 unspecified atom stereocenters. The number of nitrogen functional groups attached to an aromatic ring is 1. The van der Waals surface area contributed by atoms with Gasteiger partial charge in [0.1, 0.15) is 22.9 Å². The number of H-pyrrole nitrogens is 3. The lowest BCUT2D eigenvalue weighted by molar-refractivity contribution is 0.0933. The fourth-order valence-corrected chi connectivity index (χ4v) is 5.45. The van der Waals surface area contributed by atoms with Crippen LogP contribution in [0.3, 0.4) is 0 Å². The second-order valence-corrected chi connectivity index (χ2v) is 13.1. The van der Waals surface area contributed by atoms with Gasteiger partial charge in [0.05, 0.1) is 27.8 Å². The van der Waals surface area contributed by atoms with E-state index in [1.54, 1.807) is 54.6 Å². The fourth-order valence-electron chi connectivity index (χ4n) is 5.45. The Kier molecular flexibility index (Phi) is 15.5. The summed E-state index contributed by atoms with van der Waals surface area (Å²) in [6.45, 7) is 7.84. The van der Waals surface area contributed by atoms with E-state index < -0.39 is 23.0 Å². The summed E-state index contributed by atoms with van der Waals surface area (Å²) >= 11 is 0. The van der Waals surface area contributed by atoms with Gasteiger partial charge in [0.2, 0.25) is 10.8 Å². The van der Waals surface area contributed by atoms with Gasteiger partial charge in [-0.25, -0.2) is 23.7 Å². The minimum absolute atomic E-state index is 0. The Bertz CT molecular complexity index is 3230. The fraction of sp³-hybridized carbons (Fsp3) is 0.146. The summed E-state index contributed by atoms with van der Waals surface area (Å²) < 4.78 is 20.5. The highest BCUT2D eigenvalue weighted by atomic mass is 35.5. The maximum absolute atomic E-state index is 11.3. The van der Waals surface area contributed by atoms with Crippen molar-refractivity contribution in [2.24, 2.45) is 10.8 Å². The van der Waals surface area contributed by atoms with Crippen molar-refractivity contribution in [3.05, 3.63) is 161 Å². The van der Waals surface area contributed by atoms with Gasteiger partial charge in [-0.2, -0.15) is 0 Å². The number of phenols is 1. The summed E-state index contributed by atoms with van der Waals surface area (Å²) in [7, 11) is 0. The predicted molar refractivity (Wildman–Crippen MR) is 230 cm³/mol. The number of carbonyl (C=O) groups excluding carboxylic acids is 1. The van der Waals surface area contributed by atoms with Gasteiger partial charge in [0.25, 0.3) is 0 Å². The van der Waals surface area contributed by atoms with E-state index in [1.807, 2.05) is 57.2 Å². The van der Waals surface area contributed by atoms with Crippen LogP contribution in [0.2, 0.25) is 0 Å². The smallest absolute Gasteiger partial charge is 0.426 e. The molecule has 9 N–H and O–H groups in total. The van der Waals surface area contributed by atoms with E-state index in [4.69, 9.17) is 39.8 Å². The molecule has 0 aliphatic rings. The molecular weight excluding hydrogens is 814 g/mol. The summed E-state index contributed by atoms with van der Waals surface area (Å²) in [6.07, 6.45) is 0. The first kappa shape index (κ1) is 45.7. The number of rotatable bonds is 3. The summed E-state index contributed by atoms with van der Waals surface area (Å²) in [5.74, 6) is -2.10. The van der Waals surface area contributed by atoms with Crippen molar-refractivity contribution in [1.29, 1.82) is 5.53 Å². The highest BCUT2D eigenvalue weighted by Crippen LogP contribution is 2.20. The average molecular weight is 855 g/mol. The number of aromatic nitrogens is 4. The number of nitrogens with one attached hydrogen (secondary N) is 4. The molecule has 61 heavy (non-hydrogen) atoms. The zero-order chi connectivity index (χ0) is 43.5. The van der Waals surface area contributed by atoms with Gasteiger partial charge < -0.3 is 34.2 Å². The first-order valence-electron chi connectivity index (χ1n) is 17.9. The lowest BCUT2D eigenvalue weighted by Crippen LogP contribution is -2.19. The molecule has 0 aliphatic carbocycles. The van der Waals surface area contributed by atoms with Gasteiger partial charge >= 0.3 is 23.0 Å². The topological polar surface area (TPSA) is 313 Å². The number of hydrogen-bond donors (Lipinski definition) is 7. The van der Waals surface area contributed by atoms with E-state index in [-0.39, 0.29) is 24.1 Å². The Labute approximate surface area is 349 Å². The molecule has 19 nitrogen and oxygen atoms in total. The summed E-state index contributed by atoms with van der Waals surface area (Å²) in [5, 5.41) is 12.5. The van der Waals surface area contributed by atoms with Crippen LogP contribution in [0, 0.1) is 26.3 Å². The van der Waals surface area contributed by atoms with E-state index in [9.17, 15) is 24.0 Å². The van der Waals surface area contributed by atoms with Crippen LogP contribution in [0.5, 0.6) is 5.75 Å². The third kappa shape index (κ3) is 12.3. The van der Waals surface area contributed by atoms with Crippen LogP contribution in [0.4, 0.5) is 5.69 Å². The van der Waals surface area contributed by atoms with Crippen molar-refractivity contribution in [2.75, 3.05) is 5.73 Å². The normalized spacial score (nSPS) is 10.2. The molecule has 0 bridgehead atoms. The Morgan fingerprint density at radius 2 is 1.15 bits per heavy atom. The van der Waals surface area contributed by atoms with Crippen LogP contribution >= 0.6 is 12.4 Å². The number of anilines is 1. The van der Waals surface area contributed by atoms with E-state index in [0.29, 0.717) is 57.7 Å².